The van der Waals surface area contributed by atoms with Crippen LogP contribution in [0.3, 0.4) is 0 Å². The lowest BCUT2D eigenvalue weighted by Crippen LogP contribution is -2.45. The zero-order chi connectivity index (χ0) is 20.2. The Balaban J connectivity index is 1.75. The highest BCUT2D eigenvalue weighted by Gasteiger charge is 2.41. The van der Waals surface area contributed by atoms with Crippen molar-refractivity contribution in [2.75, 3.05) is 27.3 Å². The van der Waals surface area contributed by atoms with Gasteiger partial charge in [0.15, 0.2) is 0 Å². The van der Waals surface area contributed by atoms with Crippen LogP contribution in [0.25, 0.3) is 0 Å². The van der Waals surface area contributed by atoms with Gasteiger partial charge in [-0.1, -0.05) is 48.0 Å². The molecule has 3 rings (SSSR count). The Morgan fingerprint density at radius 2 is 1.79 bits per heavy atom. The smallest absolute Gasteiger partial charge is 0.123 e. The van der Waals surface area contributed by atoms with Crippen LogP contribution in [0.4, 0.5) is 0 Å². The molecule has 0 amide bonds. The molecule has 3 heteroatoms. The minimum atomic E-state index is -0.0790. The van der Waals surface area contributed by atoms with Crippen LogP contribution in [-0.2, 0) is 16.7 Å². The molecule has 1 saturated heterocycles. The van der Waals surface area contributed by atoms with E-state index in [-0.39, 0.29) is 11.0 Å². The number of hydrogen-bond acceptors (Lipinski definition) is 3. The second-order valence-electron chi connectivity index (χ2n) is 8.98. The maximum Gasteiger partial charge on any atom is 0.123 e. The van der Waals surface area contributed by atoms with Gasteiger partial charge in [0.25, 0.3) is 0 Å². The molecular formula is C25H35NO2. The lowest BCUT2D eigenvalue weighted by atomic mass is 9.67. The highest BCUT2D eigenvalue weighted by Crippen LogP contribution is 2.44. The van der Waals surface area contributed by atoms with Crippen molar-refractivity contribution in [2.45, 2.75) is 57.6 Å². The van der Waals surface area contributed by atoms with E-state index in [1.807, 2.05) is 12.1 Å². The number of methoxy groups -OCH3 is 1. The Hall–Kier alpha value is -1.84. The molecule has 1 aliphatic rings. The van der Waals surface area contributed by atoms with Crippen LogP contribution < -0.4 is 4.74 Å². The molecule has 1 fully saturated rings. The van der Waals surface area contributed by atoms with Gasteiger partial charge in [0.1, 0.15) is 5.75 Å². The van der Waals surface area contributed by atoms with Crippen molar-refractivity contribution in [3.8, 4) is 5.75 Å². The summed E-state index contributed by atoms with van der Waals surface area (Å²) >= 11 is 0. The summed E-state index contributed by atoms with van der Waals surface area (Å²) in [4.78, 5) is 2.41. The summed E-state index contributed by atoms with van der Waals surface area (Å²) in [6.45, 7) is 9.39. The topological polar surface area (TPSA) is 21.7 Å². The van der Waals surface area contributed by atoms with Gasteiger partial charge in [-0.05, 0) is 65.3 Å². The van der Waals surface area contributed by atoms with Crippen LogP contribution in [0.2, 0.25) is 0 Å². The van der Waals surface area contributed by atoms with Crippen LogP contribution in [0.1, 0.15) is 49.8 Å². The molecule has 1 unspecified atom stereocenters. The first-order valence-electron chi connectivity index (χ1n) is 10.4. The maximum atomic E-state index is 6.07. The second kappa shape index (κ2) is 8.67. The first kappa shape index (κ1) is 20.9. The summed E-state index contributed by atoms with van der Waals surface area (Å²) in [5, 5.41) is 0. The van der Waals surface area contributed by atoms with Gasteiger partial charge < -0.3 is 14.4 Å². The molecule has 0 spiro atoms. The number of para-hydroxylation sites is 1. The number of rotatable bonds is 7. The quantitative estimate of drug-likeness (QED) is 0.645. The molecule has 2 aromatic carbocycles. The third kappa shape index (κ3) is 4.95. The molecular weight excluding hydrogens is 346 g/mol. The summed E-state index contributed by atoms with van der Waals surface area (Å²) in [5.74, 6) is 0.967. The summed E-state index contributed by atoms with van der Waals surface area (Å²) in [6, 6.07) is 17.5. The van der Waals surface area contributed by atoms with Crippen molar-refractivity contribution < 1.29 is 9.47 Å². The van der Waals surface area contributed by atoms with E-state index in [1.165, 1.54) is 16.7 Å². The monoisotopic (exact) mass is 381 g/mol. The fourth-order valence-corrected chi connectivity index (χ4v) is 4.60. The van der Waals surface area contributed by atoms with E-state index in [0.29, 0.717) is 0 Å². The van der Waals surface area contributed by atoms with Gasteiger partial charge in [0.2, 0.25) is 0 Å². The molecule has 1 aliphatic heterocycles. The van der Waals surface area contributed by atoms with Crippen molar-refractivity contribution >= 4 is 0 Å². The standard InChI is InChI=1S/C25H35NO2/c1-20-10-12-22(13-11-20)25(15-17-28-24(2,3)19-25)14-16-26(4)18-21-8-6-7-9-23(21)27-5/h6-13H,14-19H2,1-5H3. The molecule has 2 aromatic rings. The zero-order valence-corrected chi connectivity index (χ0v) is 18.1. The van der Waals surface area contributed by atoms with Crippen LogP contribution in [0.5, 0.6) is 5.75 Å². The third-order valence-electron chi connectivity index (χ3n) is 6.11. The number of ether oxygens (including phenoxy) is 2. The highest BCUT2D eigenvalue weighted by molar-refractivity contribution is 5.33. The first-order valence-corrected chi connectivity index (χ1v) is 10.4. The van der Waals surface area contributed by atoms with Gasteiger partial charge in [-0.2, -0.15) is 0 Å². The van der Waals surface area contributed by atoms with Crippen molar-refractivity contribution in [1.82, 2.24) is 4.90 Å². The molecule has 0 bridgehead atoms. The average Bonchev–Trinajstić information content (AvgIpc) is 2.66. The number of aryl methyl sites for hydroxylation is 1. The van der Waals surface area contributed by atoms with Crippen LogP contribution >= 0.6 is 0 Å². The van der Waals surface area contributed by atoms with Gasteiger partial charge in [-0.25, -0.2) is 0 Å². The predicted molar refractivity (Wildman–Crippen MR) is 116 cm³/mol. The number of nitrogens with zero attached hydrogens (tertiary/aromatic N) is 1. The van der Waals surface area contributed by atoms with E-state index in [4.69, 9.17) is 9.47 Å². The molecule has 152 valence electrons. The Morgan fingerprint density at radius 3 is 2.46 bits per heavy atom. The SMILES string of the molecule is COc1ccccc1CN(C)CCC1(c2ccc(C)cc2)CCOC(C)(C)C1. The minimum absolute atomic E-state index is 0.0790. The van der Waals surface area contributed by atoms with Crippen molar-refractivity contribution in [1.29, 1.82) is 0 Å². The van der Waals surface area contributed by atoms with E-state index < -0.39 is 0 Å². The molecule has 28 heavy (non-hydrogen) atoms. The Morgan fingerprint density at radius 1 is 1.07 bits per heavy atom. The van der Waals surface area contributed by atoms with Crippen LogP contribution in [0, 0.1) is 6.92 Å². The summed E-state index contributed by atoms with van der Waals surface area (Å²) < 4.78 is 11.6. The third-order valence-corrected chi connectivity index (χ3v) is 6.11. The Bertz CT molecular complexity index is 768. The van der Waals surface area contributed by atoms with Gasteiger partial charge >= 0.3 is 0 Å². The van der Waals surface area contributed by atoms with E-state index in [0.717, 1.165) is 44.7 Å². The largest absolute Gasteiger partial charge is 0.496 e. The summed E-state index contributed by atoms with van der Waals surface area (Å²) in [7, 11) is 3.95. The minimum Gasteiger partial charge on any atom is -0.496 e. The molecule has 0 saturated carbocycles. The molecule has 1 atom stereocenters. The lowest BCUT2D eigenvalue weighted by Gasteiger charge is -2.46. The van der Waals surface area contributed by atoms with Crippen molar-refractivity contribution in [3.63, 3.8) is 0 Å². The van der Waals surface area contributed by atoms with Crippen LogP contribution in [-0.4, -0.2) is 37.8 Å². The number of benzene rings is 2. The lowest BCUT2D eigenvalue weighted by molar-refractivity contribution is -0.0851. The van der Waals surface area contributed by atoms with Gasteiger partial charge in [-0.3, -0.25) is 0 Å². The maximum absolute atomic E-state index is 6.07. The molecule has 0 N–H and O–H groups in total. The van der Waals surface area contributed by atoms with E-state index >= 15 is 0 Å². The zero-order valence-electron chi connectivity index (χ0n) is 18.1. The normalized spacial score (nSPS) is 21.6. The Kier molecular flexibility index (Phi) is 6.47. The van der Waals surface area contributed by atoms with Gasteiger partial charge in [0.05, 0.1) is 12.7 Å². The van der Waals surface area contributed by atoms with E-state index in [2.05, 4.69) is 69.1 Å². The number of hydrogen-bond donors (Lipinski definition) is 0. The summed E-state index contributed by atoms with van der Waals surface area (Å²) in [5.41, 5.74) is 4.11. The molecule has 0 aliphatic carbocycles. The average molecular weight is 382 g/mol. The highest BCUT2D eigenvalue weighted by atomic mass is 16.5. The van der Waals surface area contributed by atoms with E-state index in [9.17, 15) is 0 Å². The predicted octanol–water partition coefficient (Wildman–Crippen LogP) is 5.35. The fraction of sp³-hybridized carbons (Fsp3) is 0.520. The Labute approximate surface area is 170 Å². The van der Waals surface area contributed by atoms with Gasteiger partial charge in [-0.15, -0.1) is 0 Å². The first-order chi connectivity index (χ1) is 13.3. The second-order valence-corrected chi connectivity index (χ2v) is 8.98. The molecule has 1 heterocycles. The van der Waals surface area contributed by atoms with Crippen LogP contribution in [0.15, 0.2) is 48.5 Å². The van der Waals surface area contributed by atoms with E-state index in [1.54, 1.807) is 7.11 Å². The molecule has 0 aromatic heterocycles. The fourth-order valence-electron chi connectivity index (χ4n) is 4.60. The van der Waals surface area contributed by atoms with Crippen molar-refractivity contribution in [3.05, 3.63) is 65.2 Å². The molecule has 3 nitrogen and oxygen atoms in total. The molecule has 0 radical (unpaired) electrons. The van der Waals surface area contributed by atoms with Crippen molar-refractivity contribution in [2.24, 2.45) is 0 Å². The summed E-state index contributed by atoms with van der Waals surface area (Å²) in [6.07, 6.45) is 3.28. The van der Waals surface area contributed by atoms with Gasteiger partial charge in [0, 0.05) is 24.1 Å².